The molecule has 2 N–H and O–H groups in total. The van der Waals surface area contributed by atoms with Crippen LogP contribution in [0.5, 0.6) is 0 Å². The molecule has 132 valence electrons. The fraction of sp³-hybridized carbons (Fsp3) is 0.529. The van der Waals surface area contributed by atoms with E-state index < -0.39 is 0 Å². The normalized spacial score (nSPS) is 20.5. The Morgan fingerprint density at radius 2 is 2.08 bits per heavy atom. The van der Waals surface area contributed by atoms with E-state index in [1.54, 1.807) is 23.0 Å². The van der Waals surface area contributed by atoms with Crippen LogP contribution in [0, 0.1) is 0 Å². The summed E-state index contributed by atoms with van der Waals surface area (Å²) in [6, 6.07) is 3.79. The molecule has 0 radical (unpaired) electrons. The van der Waals surface area contributed by atoms with Gasteiger partial charge in [0.05, 0.1) is 0 Å². The second-order valence-electron chi connectivity index (χ2n) is 6.72. The van der Waals surface area contributed by atoms with E-state index in [0.717, 1.165) is 44.5 Å². The van der Waals surface area contributed by atoms with Gasteiger partial charge in [0.15, 0.2) is 5.82 Å². The zero-order chi connectivity index (χ0) is 17.2. The van der Waals surface area contributed by atoms with Crippen molar-refractivity contribution in [1.82, 2.24) is 19.7 Å². The molecule has 1 aliphatic heterocycles. The van der Waals surface area contributed by atoms with Crippen LogP contribution in [0.25, 0.3) is 0 Å². The Morgan fingerprint density at radius 1 is 1.20 bits per heavy atom. The van der Waals surface area contributed by atoms with Crippen LogP contribution in [0.3, 0.4) is 0 Å². The summed E-state index contributed by atoms with van der Waals surface area (Å²) in [5.41, 5.74) is -0.251. The standard InChI is InChI=1S/C17H22N6O2/c24-15-7-6-14(20-21-15)22-9-2-1-3-13(22)11-19-16-17(25)23(10-8-18-16)12-4-5-12/h6-8,10,12-13H,1-5,9,11H2,(H,18,19)(H,21,24). The van der Waals surface area contributed by atoms with Gasteiger partial charge in [0.25, 0.3) is 11.1 Å². The van der Waals surface area contributed by atoms with Gasteiger partial charge < -0.3 is 14.8 Å². The molecule has 0 spiro atoms. The van der Waals surface area contributed by atoms with E-state index in [0.29, 0.717) is 18.4 Å². The van der Waals surface area contributed by atoms with Crippen LogP contribution < -0.4 is 21.3 Å². The first-order chi connectivity index (χ1) is 12.2. The van der Waals surface area contributed by atoms with E-state index in [4.69, 9.17) is 0 Å². The number of nitrogens with zero attached hydrogens (tertiary/aromatic N) is 4. The third kappa shape index (κ3) is 3.42. The second kappa shape index (κ2) is 6.70. The molecule has 1 saturated heterocycles. The van der Waals surface area contributed by atoms with Gasteiger partial charge in [-0.25, -0.2) is 10.1 Å². The van der Waals surface area contributed by atoms with Gasteiger partial charge in [-0.15, -0.1) is 0 Å². The van der Waals surface area contributed by atoms with Crippen molar-refractivity contribution in [1.29, 1.82) is 0 Å². The summed E-state index contributed by atoms with van der Waals surface area (Å²) in [7, 11) is 0. The molecule has 4 rings (SSSR count). The number of piperidine rings is 1. The van der Waals surface area contributed by atoms with E-state index >= 15 is 0 Å². The molecule has 0 amide bonds. The van der Waals surface area contributed by atoms with Crippen molar-refractivity contribution in [3.63, 3.8) is 0 Å². The first kappa shape index (κ1) is 15.9. The Balaban J connectivity index is 1.49. The lowest BCUT2D eigenvalue weighted by molar-refractivity contribution is 0.467. The van der Waals surface area contributed by atoms with Crippen LogP contribution in [0.1, 0.15) is 38.1 Å². The van der Waals surface area contributed by atoms with Crippen molar-refractivity contribution in [2.45, 2.75) is 44.2 Å². The van der Waals surface area contributed by atoms with E-state index in [1.165, 1.54) is 6.07 Å². The molecule has 25 heavy (non-hydrogen) atoms. The van der Waals surface area contributed by atoms with Crippen LogP contribution in [0.4, 0.5) is 11.6 Å². The summed E-state index contributed by atoms with van der Waals surface area (Å²) in [5.74, 6) is 1.18. The molecule has 0 bridgehead atoms. The lowest BCUT2D eigenvalue weighted by Crippen LogP contribution is -2.45. The van der Waals surface area contributed by atoms with E-state index in [2.05, 4.69) is 25.4 Å². The van der Waals surface area contributed by atoms with Crippen molar-refractivity contribution >= 4 is 11.6 Å². The SMILES string of the molecule is O=c1ccc(N2CCCCC2CNc2nccn(C3CC3)c2=O)n[nH]1. The maximum absolute atomic E-state index is 12.5. The van der Waals surface area contributed by atoms with Crippen LogP contribution >= 0.6 is 0 Å². The quantitative estimate of drug-likeness (QED) is 0.846. The fourth-order valence-electron chi connectivity index (χ4n) is 3.41. The molecule has 0 aromatic carbocycles. The smallest absolute Gasteiger partial charge is 0.293 e. The predicted molar refractivity (Wildman–Crippen MR) is 95.1 cm³/mol. The van der Waals surface area contributed by atoms with Gasteiger partial charge in [-0.1, -0.05) is 0 Å². The van der Waals surface area contributed by atoms with E-state index in [-0.39, 0.29) is 17.2 Å². The second-order valence-corrected chi connectivity index (χ2v) is 6.72. The Kier molecular flexibility index (Phi) is 4.25. The summed E-state index contributed by atoms with van der Waals surface area (Å²) < 4.78 is 1.78. The highest BCUT2D eigenvalue weighted by Gasteiger charge is 2.26. The molecule has 1 aliphatic carbocycles. The maximum atomic E-state index is 12.5. The number of nitrogens with one attached hydrogen (secondary N) is 2. The average molecular weight is 342 g/mol. The number of anilines is 2. The van der Waals surface area contributed by atoms with Gasteiger partial charge >= 0.3 is 0 Å². The largest absolute Gasteiger partial charge is 0.363 e. The predicted octanol–water partition coefficient (Wildman–Crippen LogP) is 1.13. The highest BCUT2D eigenvalue weighted by atomic mass is 16.1. The number of hydrogen-bond donors (Lipinski definition) is 2. The zero-order valence-electron chi connectivity index (χ0n) is 14.0. The highest BCUT2D eigenvalue weighted by molar-refractivity contribution is 5.40. The molecule has 8 nitrogen and oxygen atoms in total. The minimum Gasteiger partial charge on any atom is -0.363 e. The first-order valence-electron chi connectivity index (χ1n) is 8.86. The van der Waals surface area contributed by atoms with Gasteiger partial charge in [-0.2, -0.15) is 5.10 Å². The molecule has 2 aliphatic rings. The monoisotopic (exact) mass is 342 g/mol. The molecule has 2 aromatic rings. The fourth-order valence-corrected chi connectivity index (χ4v) is 3.41. The lowest BCUT2D eigenvalue weighted by atomic mass is 10.0. The number of aromatic nitrogens is 4. The third-order valence-corrected chi connectivity index (χ3v) is 4.90. The molecule has 3 heterocycles. The number of aromatic amines is 1. The molecule has 2 aromatic heterocycles. The van der Waals surface area contributed by atoms with Crippen molar-refractivity contribution in [2.75, 3.05) is 23.3 Å². The molecular weight excluding hydrogens is 320 g/mol. The lowest BCUT2D eigenvalue weighted by Gasteiger charge is -2.36. The number of rotatable bonds is 5. The molecule has 1 saturated carbocycles. The number of hydrogen-bond acceptors (Lipinski definition) is 6. The van der Waals surface area contributed by atoms with E-state index in [1.807, 2.05) is 0 Å². The molecular formula is C17H22N6O2. The van der Waals surface area contributed by atoms with Crippen LogP contribution in [-0.4, -0.2) is 38.9 Å². The minimum atomic E-state index is -0.204. The summed E-state index contributed by atoms with van der Waals surface area (Å²) in [4.78, 5) is 30.1. The first-order valence-corrected chi connectivity index (χ1v) is 8.86. The Bertz CT molecular complexity index is 836. The topological polar surface area (TPSA) is 95.9 Å². The van der Waals surface area contributed by atoms with Gasteiger partial charge in [-0.05, 0) is 38.2 Å². The minimum absolute atomic E-state index is 0.0467. The molecule has 1 atom stereocenters. The summed E-state index contributed by atoms with van der Waals surface area (Å²) >= 11 is 0. The summed E-state index contributed by atoms with van der Waals surface area (Å²) in [6.07, 6.45) is 8.83. The summed E-state index contributed by atoms with van der Waals surface area (Å²) in [6.45, 7) is 1.51. The molecule has 8 heteroatoms. The molecule has 2 fully saturated rings. The zero-order valence-corrected chi connectivity index (χ0v) is 14.0. The van der Waals surface area contributed by atoms with E-state index in [9.17, 15) is 9.59 Å². The van der Waals surface area contributed by atoms with Gasteiger partial charge in [-0.3, -0.25) is 9.59 Å². The van der Waals surface area contributed by atoms with Gasteiger partial charge in [0.1, 0.15) is 5.82 Å². The van der Waals surface area contributed by atoms with Crippen molar-refractivity contribution in [2.24, 2.45) is 0 Å². The Labute approximate surface area is 144 Å². The van der Waals surface area contributed by atoms with Crippen LogP contribution in [-0.2, 0) is 0 Å². The maximum Gasteiger partial charge on any atom is 0.293 e. The summed E-state index contributed by atoms with van der Waals surface area (Å²) in [5, 5.41) is 9.87. The third-order valence-electron chi connectivity index (χ3n) is 4.90. The highest BCUT2D eigenvalue weighted by Crippen LogP contribution is 2.33. The molecule has 1 unspecified atom stereocenters. The van der Waals surface area contributed by atoms with Crippen molar-refractivity contribution in [3.05, 3.63) is 45.2 Å². The van der Waals surface area contributed by atoms with Crippen molar-refractivity contribution in [3.8, 4) is 0 Å². The Morgan fingerprint density at radius 3 is 2.84 bits per heavy atom. The van der Waals surface area contributed by atoms with Crippen LogP contribution in [0.2, 0.25) is 0 Å². The average Bonchev–Trinajstić information content (AvgIpc) is 3.47. The number of H-pyrrole nitrogens is 1. The van der Waals surface area contributed by atoms with Gasteiger partial charge in [0, 0.05) is 43.6 Å². The van der Waals surface area contributed by atoms with Crippen LogP contribution in [0.15, 0.2) is 34.1 Å². The van der Waals surface area contributed by atoms with Gasteiger partial charge in [0.2, 0.25) is 0 Å². The Hall–Kier alpha value is -2.64. The van der Waals surface area contributed by atoms with Crippen molar-refractivity contribution < 1.29 is 0 Å².